The summed E-state index contributed by atoms with van der Waals surface area (Å²) in [6.07, 6.45) is 2.37. The van der Waals surface area contributed by atoms with Gasteiger partial charge in [-0.05, 0) is 43.0 Å². The molecule has 1 aliphatic heterocycles. The number of ether oxygens (including phenoxy) is 2. The summed E-state index contributed by atoms with van der Waals surface area (Å²) < 4.78 is 11.2. The van der Waals surface area contributed by atoms with Crippen LogP contribution in [0.5, 0.6) is 0 Å². The molecule has 1 N–H and O–H groups in total. The minimum absolute atomic E-state index is 0.270. The molecule has 0 unspecified atom stereocenters. The van der Waals surface area contributed by atoms with E-state index in [2.05, 4.69) is 15.2 Å². The molecule has 1 heterocycles. The van der Waals surface area contributed by atoms with Gasteiger partial charge in [-0.2, -0.15) is 0 Å². The van der Waals surface area contributed by atoms with Crippen molar-refractivity contribution in [3.05, 3.63) is 71.3 Å². The number of guanidine groups is 1. The zero-order valence-corrected chi connectivity index (χ0v) is 17.8. The normalized spacial score (nSPS) is 15.1. The summed E-state index contributed by atoms with van der Waals surface area (Å²) in [5.41, 5.74) is 2.54. The lowest BCUT2D eigenvalue weighted by atomic mass is 10.1. The number of hydrogen-bond acceptors (Lipinski definition) is 4. The van der Waals surface area contributed by atoms with E-state index in [9.17, 15) is 4.79 Å². The van der Waals surface area contributed by atoms with Crippen molar-refractivity contribution in [1.82, 2.24) is 10.2 Å². The van der Waals surface area contributed by atoms with E-state index in [4.69, 9.17) is 9.47 Å². The van der Waals surface area contributed by atoms with Gasteiger partial charge in [0, 0.05) is 33.3 Å². The van der Waals surface area contributed by atoms with Crippen LogP contribution in [-0.4, -0.2) is 49.7 Å². The van der Waals surface area contributed by atoms with Gasteiger partial charge >= 0.3 is 5.97 Å². The lowest BCUT2D eigenvalue weighted by Gasteiger charge is -2.34. The SMILES string of the molecule is CCOC1CCN(C(=NC)NCc2cccc(C(=O)OCc3ccccc3)c2)CC1. The first-order chi connectivity index (χ1) is 14.7. The van der Waals surface area contributed by atoms with E-state index in [-0.39, 0.29) is 12.6 Å². The highest BCUT2D eigenvalue weighted by atomic mass is 16.5. The zero-order valence-electron chi connectivity index (χ0n) is 17.8. The number of carbonyl (C=O) groups is 1. The summed E-state index contributed by atoms with van der Waals surface area (Å²) in [5.74, 6) is 0.560. The number of carbonyl (C=O) groups excluding carboxylic acids is 1. The molecule has 0 aromatic heterocycles. The summed E-state index contributed by atoms with van der Waals surface area (Å²) in [6.45, 7) is 5.52. The molecule has 160 valence electrons. The first-order valence-corrected chi connectivity index (χ1v) is 10.6. The predicted octanol–water partition coefficient (Wildman–Crippen LogP) is 3.62. The highest BCUT2D eigenvalue weighted by Gasteiger charge is 2.21. The third-order valence-electron chi connectivity index (χ3n) is 5.18. The van der Waals surface area contributed by atoms with Gasteiger partial charge in [0.2, 0.25) is 0 Å². The minimum atomic E-state index is -0.317. The molecule has 6 heteroatoms. The second-order valence-corrected chi connectivity index (χ2v) is 7.30. The largest absolute Gasteiger partial charge is 0.457 e. The number of esters is 1. The van der Waals surface area contributed by atoms with Crippen LogP contribution < -0.4 is 5.32 Å². The molecule has 1 fully saturated rings. The van der Waals surface area contributed by atoms with Crippen molar-refractivity contribution < 1.29 is 14.3 Å². The van der Waals surface area contributed by atoms with Gasteiger partial charge in [-0.3, -0.25) is 4.99 Å². The van der Waals surface area contributed by atoms with Gasteiger partial charge < -0.3 is 19.7 Å². The van der Waals surface area contributed by atoms with Crippen molar-refractivity contribution in [3.63, 3.8) is 0 Å². The Morgan fingerprint density at radius 3 is 2.53 bits per heavy atom. The Kier molecular flexibility index (Phi) is 8.27. The number of piperidine rings is 1. The van der Waals surface area contributed by atoms with Crippen LogP contribution in [0.2, 0.25) is 0 Å². The topological polar surface area (TPSA) is 63.2 Å². The van der Waals surface area contributed by atoms with Crippen LogP contribution in [0.15, 0.2) is 59.6 Å². The van der Waals surface area contributed by atoms with E-state index >= 15 is 0 Å². The van der Waals surface area contributed by atoms with Gasteiger partial charge in [-0.25, -0.2) is 4.79 Å². The van der Waals surface area contributed by atoms with Crippen molar-refractivity contribution in [2.75, 3.05) is 26.7 Å². The number of likely N-dealkylation sites (tertiary alicyclic amines) is 1. The van der Waals surface area contributed by atoms with E-state index in [1.54, 1.807) is 13.1 Å². The smallest absolute Gasteiger partial charge is 0.338 e. The first-order valence-electron chi connectivity index (χ1n) is 10.6. The molecule has 0 amide bonds. The standard InChI is InChI=1S/C24H31N3O3/c1-3-29-22-12-14-27(15-13-22)24(25-2)26-17-20-10-7-11-21(16-20)23(28)30-18-19-8-5-4-6-9-19/h4-11,16,22H,3,12-15,17-18H2,1-2H3,(H,25,26). The van der Waals surface area contributed by atoms with Crippen LogP contribution in [-0.2, 0) is 22.6 Å². The molecule has 1 aliphatic rings. The number of aliphatic imine (C=N–C) groups is 1. The molecule has 0 atom stereocenters. The fraction of sp³-hybridized carbons (Fsp3) is 0.417. The molecule has 6 nitrogen and oxygen atoms in total. The first kappa shape index (κ1) is 21.8. The van der Waals surface area contributed by atoms with Crippen LogP contribution in [0.4, 0.5) is 0 Å². The van der Waals surface area contributed by atoms with Gasteiger partial charge in [-0.1, -0.05) is 42.5 Å². The Morgan fingerprint density at radius 1 is 1.10 bits per heavy atom. The Hall–Kier alpha value is -2.86. The van der Waals surface area contributed by atoms with E-state index in [1.165, 1.54) is 0 Å². The molecular formula is C24H31N3O3. The van der Waals surface area contributed by atoms with Crippen LogP contribution >= 0.6 is 0 Å². The molecular weight excluding hydrogens is 378 g/mol. The van der Waals surface area contributed by atoms with Crippen LogP contribution in [0.1, 0.15) is 41.3 Å². The van der Waals surface area contributed by atoms with Crippen molar-refractivity contribution >= 4 is 11.9 Å². The van der Waals surface area contributed by atoms with Gasteiger partial charge in [-0.15, -0.1) is 0 Å². The van der Waals surface area contributed by atoms with Crippen molar-refractivity contribution in [2.24, 2.45) is 4.99 Å². The third-order valence-corrected chi connectivity index (χ3v) is 5.18. The summed E-state index contributed by atoms with van der Waals surface area (Å²) in [6, 6.07) is 17.2. The Balaban J connectivity index is 1.51. The van der Waals surface area contributed by atoms with E-state index in [0.717, 1.165) is 49.6 Å². The van der Waals surface area contributed by atoms with E-state index in [0.29, 0.717) is 18.2 Å². The summed E-state index contributed by atoms with van der Waals surface area (Å²) in [7, 11) is 1.80. The molecule has 2 aromatic carbocycles. The van der Waals surface area contributed by atoms with Crippen LogP contribution in [0.3, 0.4) is 0 Å². The quantitative estimate of drug-likeness (QED) is 0.430. The van der Waals surface area contributed by atoms with Gasteiger partial charge in [0.05, 0.1) is 11.7 Å². The molecule has 0 saturated carbocycles. The summed E-state index contributed by atoms with van der Waals surface area (Å²) >= 11 is 0. The second-order valence-electron chi connectivity index (χ2n) is 7.30. The molecule has 0 spiro atoms. The lowest BCUT2D eigenvalue weighted by Crippen LogP contribution is -2.46. The fourth-order valence-electron chi connectivity index (χ4n) is 3.60. The van der Waals surface area contributed by atoms with E-state index in [1.807, 2.05) is 55.5 Å². The predicted molar refractivity (Wildman–Crippen MR) is 118 cm³/mol. The molecule has 0 radical (unpaired) electrons. The Bertz CT molecular complexity index is 831. The van der Waals surface area contributed by atoms with Crippen molar-refractivity contribution in [3.8, 4) is 0 Å². The molecule has 2 aromatic rings. The van der Waals surface area contributed by atoms with Gasteiger partial charge in [0.25, 0.3) is 0 Å². The highest BCUT2D eigenvalue weighted by Crippen LogP contribution is 2.14. The lowest BCUT2D eigenvalue weighted by molar-refractivity contribution is 0.0263. The van der Waals surface area contributed by atoms with Gasteiger partial charge in [0.15, 0.2) is 5.96 Å². The molecule has 30 heavy (non-hydrogen) atoms. The third kappa shape index (κ3) is 6.32. The average Bonchev–Trinajstić information content (AvgIpc) is 2.80. The number of hydrogen-bond donors (Lipinski definition) is 1. The molecule has 1 saturated heterocycles. The maximum Gasteiger partial charge on any atom is 0.338 e. The number of nitrogens with zero attached hydrogens (tertiary/aromatic N) is 2. The highest BCUT2D eigenvalue weighted by molar-refractivity contribution is 5.89. The van der Waals surface area contributed by atoms with Crippen molar-refractivity contribution in [2.45, 2.75) is 39.0 Å². The van der Waals surface area contributed by atoms with Gasteiger partial charge in [0.1, 0.15) is 6.61 Å². The Morgan fingerprint density at radius 2 is 1.83 bits per heavy atom. The molecule has 0 aliphatic carbocycles. The maximum absolute atomic E-state index is 12.4. The maximum atomic E-state index is 12.4. The van der Waals surface area contributed by atoms with E-state index < -0.39 is 0 Å². The minimum Gasteiger partial charge on any atom is -0.457 e. The number of benzene rings is 2. The summed E-state index contributed by atoms with van der Waals surface area (Å²) in [4.78, 5) is 19.1. The number of rotatable bonds is 7. The fourth-order valence-corrected chi connectivity index (χ4v) is 3.60. The van der Waals surface area contributed by atoms with Crippen LogP contribution in [0, 0.1) is 0 Å². The second kappa shape index (κ2) is 11.4. The molecule has 3 rings (SSSR count). The molecule has 0 bridgehead atoms. The average molecular weight is 410 g/mol. The monoisotopic (exact) mass is 409 g/mol. The summed E-state index contributed by atoms with van der Waals surface area (Å²) in [5, 5.41) is 3.41. The Labute approximate surface area is 178 Å². The number of nitrogens with one attached hydrogen (secondary N) is 1. The zero-order chi connectivity index (χ0) is 21.2. The van der Waals surface area contributed by atoms with Crippen molar-refractivity contribution in [1.29, 1.82) is 0 Å². The van der Waals surface area contributed by atoms with Crippen LogP contribution in [0.25, 0.3) is 0 Å².